The maximum Gasteiger partial charge on any atom is 0.0303 e. The predicted octanol–water partition coefficient (Wildman–Crippen LogP) is 8.27. The monoisotopic (exact) mass is 645 g/mol. The predicted molar refractivity (Wildman–Crippen MR) is 143 cm³/mol. The molecule has 2 aliphatic rings. The second-order valence-electron chi connectivity index (χ2n) is 11.3. The van der Waals surface area contributed by atoms with Crippen molar-refractivity contribution in [3.05, 3.63) is 88.0 Å². The number of rotatable bonds is 1. The average molecular weight is 645 g/mol. The second-order valence-corrected chi connectivity index (χ2v) is 12.2. The Morgan fingerprint density at radius 2 is 1.47 bits per heavy atom. The molecule has 2 aromatic carbocycles. The van der Waals surface area contributed by atoms with E-state index in [-0.39, 0.29) is 30.9 Å². The molecule has 3 heterocycles. The normalized spacial score (nSPS) is 15.0. The van der Waals surface area contributed by atoms with Gasteiger partial charge in [0.05, 0.1) is 0 Å². The summed E-state index contributed by atoms with van der Waals surface area (Å²) in [4.78, 5) is 8.06. The van der Waals surface area contributed by atoms with Crippen molar-refractivity contribution >= 4 is 28.1 Å². The molecule has 2 nitrogen and oxygen atoms in total. The topological polar surface area (TPSA) is 16.1 Å². The zero-order chi connectivity index (χ0) is 23.7. The Labute approximate surface area is 222 Å². The van der Waals surface area contributed by atoms with Crippen molar-refractivity contribution in [2.24, 2.45) is 0 Å². The summed E-state index contributed by atoms with van der Waals surface area (Å²) in [5.74, 6) is 2.25. The maximum atomic E-state index is 4.41. The Kier molecular flexibility index (Phi) is 6.42. The molecule has 0 fully saturated rings. The van der Waals surface area contributed by atoms with E-state index >= 15 is 0 Å². The molecule has 0 spiro atoms. The summed E-state index contributed by atoms with van der Waals surface area (Å²) in [6.07, 6.45) is 3.95. The number of hydrogen-bond donors (Lipinski definition) is 0. The Hall–Kier alpha value is -1.87. The van der Waals surface area contributed by atoms with Gasteiger partial charge in [-0.2, -0.15) is 24.1 Å². The van der Waals surface area contributed by atoms with Gasteiger partial charge in [-0.1, -0.05) is 76.4 Å². The molecule has 179 valence electrons. The zero-order valence-electron chi connectivity index (χ0n) is 21.3. The molecular formula is C30H32IrN2S-2. The first kappa shape index (κ1) is 25.2. The number of pyridine rings is 1. The number of fused-ring (bicyclic) bond motifs is 6. The summed E-state index contributed by atoms with van der Waals surface area (Å²) in [5, 5.41) is 0. The molecule has 0 saturated carbocycles. The summed E-state index contributed by atoms with van der Waals surface area (Å²) in [6.45, 7) is 18.0. The number of anilines is 1. The van der Waals surface area contributed by atoms with E-state index in [4.69, 9.17) is 0 Å². The molecule has 34 heavy (non-hydrogen) atoms. The van der Waals surface area contributed by atoms with Crippen LogP contribution in [0, 0.1) is 25.8 Å². The van der Waals surface area contributed by atoms with Crippen molar-refractivity contribution in [2.75, 3.05) is 4.90 Å². The van der Waals surface area contributed by atoms with Crippen molar-refractivity contribution in [1.29, 1.82) is 0 Å². The van der Waals surface area contributed by atoms with Gasteiger partial charge in [-0.3, -0.25) is 16.7 Å². The van der Waals surface area contributed by atoms with Gasteiger partial charge in [-0.15, -0.1) is 11.1 Å². The van der Waals surface area contributed by atoms with E-state index in [1.165, 1.54) is 55.1 Å². The molecule has 0 N–H and O–H groups in total. The fourth-order valence-electron chi connectivity index (χ4n) is 4.74. The SMILES string of the molecule is Cc1cncc(C)c1C1=C2c3ccc(C(C)(C)C)cc3-c3cc(C(C)(C)C)c[c-]c3N2[CH-]S1.[Ir]. The Balaban J connectivity index is 0.00000274. The molecule has 4 heteroatoms. The summed E-state index contributed by atoms with van der Waals surface area (Å²) in [5.41, 5.74) is 12.8. The van der Waals surface area contributed by atoms with E-state index in [1.54, 1.807) is 0 Å². The van der Waals surface area contributed by atoms with E-state index < -0.39 is 0 Å². The molecule has 5 rings (SSSR count). The number of benzene rings is 2. The molecule has 0 atom stereocenters. The van der Waals surface area contributed by atoms with E-state index in [0.29, 0.717) is 0 Å². The Morgan fingerprint density at radius 1 is 0.853 bits per heavy atom. The van der Waals surface area contributed by atoms with E-state index in [0.717, 1.165) is 5.69 Å². The second kappa shape index (κ2) is 8.66. The quantitative estimate of drug-likeness (QED) is 0.248. The van der Waals surface area contributed by atoms with E-state index in [9.17, 15) is 0 Å². The number of hydrogen-bond acceptors (Lipinski definition) is 3. The van der Waals surface area contributed by atoms with Gasteiger partial charge < -0.3 is 4.90 Å². The molecule has 0 aliphatic carbocycles. The first-order valence-electron chi connectivity index (χ1n) is 11.6. The fourth-order valence-corrected chi connectivity index (χ4v) is 5.92. The van der Waals surface area contributed by atoms with Crippen LogP contribution in [-0.2, 0) is 30.9 Å². The Morgan fingerprint density at radius 3 is 2.09 bits per heavy atom. The molecule has 1 aromatic heterocycles. The first-order chi connectivity index (χ1) is 15.5. The molecule has 0 bridgehead atoms. The van der Waals surface area contributed by atoms with Crippen LogP contribution in [0.1, 0.15) is 74.9 Å². The van der Waals surface area contributed by atoms with Gasteiger partial charge in [-0.05, 0) is 47.1 Å². The van der Waals surface area contributed by atoms with Crippen LogP contribution >= 0.6 is 11.8 Å². The fraction of sp³-hybridized carbons (Fsp3) is 0.333. The van der Waals surface area contributed by atoms with Crippen molar-refractivity contribution in [1.82, 2.24) is 4.98 Å². The minimum absolute atomic E-state index is 0. The summed E-state index contributed by atoms with van der Waals surface area (Å²) < 4.78 is 0. The van der Waals surface area contributed by atoms with Gasteiger partial charge in [0.2, 0.25) is 0 Å². The van der Waals surface area contributed by atoms with Crippen LogP contribution in [0.5, 0.6) is 0 Å². The molecule has 1 radical (unpaired) electrons. The van der Waals surface area contributed by atoms with Crippen LogP contribution in [0.25, 0.3) is 21.7 Å². The maximum absolute atomic E-state index is 4.41. The summed E-state index contributed by atoms with van der Waals surface area (Å²) in [7, 11) is 0. The zero-order valence-corrected chi connectivity index (χ0v) is 24.5. The minimum Gasteiger partial charge on any atom is -0.503 e. The first-order valence-corrected chi connectivity index (χ1v) is 12.5. The largest absolute Gasteiger partial charge is 0.503 e. The van der Waals surface area contributed by atoms with Crippen molar-refractivity contribution in [2.45, 2.75) is 66.2 Å². The third-order valence-corrected chi connectivity index (χ3v) is 7.69. The van der Waals surface area contributed by atoms with Gasteiger partial charge in [0, 0.05) is 43.1 Å². The number of aryl methyl sites for hydroxylation is 2. The summed E-state index contributed by atoms with van der Waals surface area (Å²) in [6, 6.07) is 15.3. The van der Waals surface area contributed by atoms with Crippen molar-refractivity contribution < 1.29 is 20.1 Å². The van der Waals surface area contributed by atoms with Crippen LogP contribution in [0.3, 0.4) is 0 Å². The molecule has 0 amide bonds. The van der Waals surface area contributed by atoms with Crippen LogP contribution < -0.4 is 4.90 Å². The van der Waals surface area contributed by atoms with Crippen LogP contribution in [0.15, 0.2) is 42.7 Å². The van der Waals surface area contributed by atoms with Gasteiger partial charge in [0.25, 0.3) is 0 Å². The molecular weight excluding hydrogens is 613 g/mol. The van der Waals surface area contributed by atoms with E-state index in [1.807, 2.05) is 24.2 Å². The molecule has 3 aromatic rings. The van der Waals surface area contributed by atoms with Crippen LogP contribution in [0.2, 0.25) is 0 Å². The van der Waals surface area contributed by atoms with E-state index in [2.05, 4.69) is 108 Å². The third kappa shape index (κ3) is 4.08. The van der Waals surface area contributed by atoms with Crippen LogP contribution in [0.4, 0.5) is 5.69 Å². The standard InChI is InChI=1S/C30H32N2S.Ir/c1-18-15-31-16-19(2)26(18)28-27-22-11-9-20(29(3,4)5)13-23(22)24-14-21(30(6,7)8)10-12-25(24)32(27)17-33-28;/h9-11,13-17H,1-8H3;/q-2;. The van der Waals surface area contributed by atoms with Gasteiger partial charge >= 0.3 is 0 Å². The van der Waals surface area contributed by atoms with Crippen molar-refractivity contribution in [3.8, 4) is 11.1 Å². The van der Waals surface area contributed by atoms with Crippen LogP contribution in [-0.4, -0.2) is 4.98 Å². The minimum atomic E-state index is 0. The third-order valence-electron chi connectivity index (χ3n) is 6.74. The van der Waals surface area contributed by atoms with Gasteiger partial charge in [0.15, 0.2) is 0 Å². The number of aromatic nitrogens is 1. The van der Waals surface area contributed by atoms with Gasteiger partial charge in [-0.25, -0.2) is 0 Å². The van der Waals surface area contributed by atoms with Gasteiger partial charge in [0.1, 0.15) is 0 Å². The summed E-state index contributed by atoms with van der Waals surface area (Å²) >= 11 is 1.81. The average Bonchev–Trinajstić information content (AvgIpc) is 3.17. The number of nitrogens with zero attached hydrogens (tertiary/aromatic N) is 2. The smallest absolute Gasteiger partial charge is 0.0303 e. The molecule has 2 aliphatic heterocycles. The molecule has 0 unspecified atom stereocenters. The molecule has 0 saturated heterocycles. The van der Waals surface area contributed by atoms with Crippen molar-refractivity contribution in [3.63, 3.8) is 0 Å². The Bertz CT molecular complexity index is 1290. The number of thioether (sulfide) groups is 1.